The number of nitrogens with zero attached hydrogens (tertiary/aromatic N) is 2. The van der Waals surface area contributed by atoms with Gasteiger partial charge >= 0.3 is 0 Å². The van der Waals surface area contributed by atoms with Crippen molar-refractivity contribution < 1.29 is 13.6 Å². The minimum Gasteiger partial charge on any atom is -0.357 e. The van der Waals surface area contributed by atoms with Gasteiger partial charge in [0.15, 0.2) is 17.6 Å². The van der Waals surface area contributed by atoms with E-state index < -0.39 is 11.6 Å². The number of hydrogen-bond acceptors (Lipinski definition) is 2. The molecular formula is C17H24F2N4O. The molecule has 2 rings (SSSR count). The van der Waals surface area contributed by atoms with E-state index in [1.807, 2.05) is 11.8 Å². The standard InChI is InChI=1S/C17H24F2N4O/c1-2-20-17(22-12-15(24)23-10-3-4-11-23)21-9-8-13-6-5-7-14(18)16(13)19/h5-7H,2-4,8-12H2,1H3,(H2,20,21,22). The van der Waals surface area contributed by atoms with Gasteiger partial charge in [-0.2, -0.15) is 0 Å². The minimum absolute atomic E-state index is 0.0147. The first-order valence-electron chi connectivity index (χ1n) is 8.34. The van der Waals surface area contributed by atoms with Crippen molar-refractivity contribution >= 4 is 11.9 Å². The van der Waals surface area contributed by atoms with E-state index in [1.165, 1.54) is 6.07 Å². The first kappa shape index (κ1) is 18.2. The van der Waals surface area contributed by atoms with E-state index in [0.29, 0.717) is 31.0 Å². The number of rotatable bonds is 6. The number of carbonyl (C=O) groups excluding carboxylic acids is 1. The molecule has 0 atom stereocenters. The molecule has 0 bridgehead atoms. The van der Waals surface area contributed by atoms with Crippen LogP contribution >= 0.6 is 0 Å². The van der Waals surface area contributed by atoms with Crippen molar-refractivity contribution in [1.29, 1.82) is 0 Å². The van der Waals surface area contributed by atoms with Crippen molar-refractivity contribution in [1.82, 2.24) is 15.5 Å². The average molecular weight is 338 g/mol. The molecule has 0 radical (unpaired) electrons. The van der Waals surface area contributed by atoms with Crippen LogP contribution in [0.25, 0.3) is 0 Å². The van der Waals surface area contributed by atoms with E-state index in [4.69, 9.17) is 0 Å². The summed E-state index contributed by atoms with van der Waals surface area (Å²) in [6, 6.07) is 4.14. The summed E-state index contributed by atoms with van der Waals surface area (Å²) in [7, 11) is 0. The van der Waals surface area contributed by atoms with E-state index in [9.17, 15) is 13.6 Å². The molecule has 1 aliphatic rings. The molecule has 0 aliphatic carbocycles. The fourth-order valence-corrected chi connectivity index (χ4v) is 2.61. The molecule has 24 heavy (non-hydrogen) atoms. The lowest BCUT2D eigenvalue weighted by Gasteiger charge is -2.15. The Kier molecular flexibility index (Phi) is 6.96. The molecule has 7 heteroatoms. The zero-order valence-electron chi connectivity index (χ0n) is 13.9. The highest BCUT2D eigenvalue weighted by Gasteiger charge is 2.17. The Labute approximate surface area is 141 Å². The lowest BCUT2D eigenvalue weighted by atomic mass is 10.1. The topological polar surface area (TPSA) is 56.7 Å². The molecule has 1 fully saturated rings. The largest absolute Gasteiger partial charge is 0.357 e. The summed E-state index contributed by atoms with van der Waals surface area (Å²) >= 11 is 0. The maximum atomic E-state index is 13.6. The van der Waals surface area contributed by atoms with Gasteiger partial charge in [-0.25, -0.2) is 13.8 Å². The summed E-state index contributed by atoms with van der Waals surface area (Å²) in [4.78, 5) is 18.1. The van der Waals surface area contributed by atoms with Crippen LogP contribution in [0.5, 0.6) is 0 Å². The number of hydrogen-bond donors (Lipinski definition) is 2. The van der Waals surface area contributed by atoms with Gasteiger partial charge in [0.25, 0.3) is 0 Å². The van der Waals surface area contributed by atoms with Crippen molar-refractivity contribution in [3.05, 3.63) is 35.4 Å². The number of amides is 1. The first-order valence-corrected chi connectivity index (χ1v) is 8.34. The Balaban J connectivity index is 1.84. The third-order valence-corrected chi connectivity index (χ3v) is 3.89. The van der Waals surface area contributed by atoms with Gasteiger partial charge in [-0.1, -0.05) is 12.1 Å². The van der Waals surface area contributed by atoms with E-state index in [0.717, 1.165) is 32.0 Å². The lowest BCUT2D eigenvalue weighted by molar-refractivity contribution is -0.128. The zero-order valence-corrected chi connectivity index (χ0v) is 13.9. The lowest BCUT2D eigenvalue weighted by Crippen LogP contribution is -2.39. The van der Waals surface area contributed by atoms with Gasteiger partial charge in [0.05, 0.1) is 0 Å². The second kappa shape index (κ2) is 9.20. The minimum atomic E-state index is -0.843. The Morgan fingerprint density at radius 1 is 1.25 bits per heavy atom. The van der Waals surface area contributed by atoms with Crippen molar-refractivity contribution in [2.45, 2.75) is 26.2 Å². The second-order valence-electron chi connectivity index (χ2n) is 5.67. The number of guanidine groups is 1. The van der Waals surface area contributed by atoms with Gasteiger partial charge in [0, 0.05) is 26.2 Å². The molecule has 1 saturated heterocycles. The van der Waals surface area contributed by atoms with Crippen molar-refractivity contribution in [2.75, 3.05) is 32.7 Å². The monoisotopic (exact) mass is 338 g/mol. The highest BCUT2D eigenvalue weighted by molar-refractivity contribution is 5.85. The third-order valence-electron chi connectivity index (χ3n) is 3.89. The van der Waals surface area contributed by atoms with Gasteiger partial charge in [-0.15, -0.1) is 0 Å². The van der Waals surface area contributed by atoms with Gasteiger partial charge in [-0.3, -0.25) is 4.79 Å². The Bertz CT molecular complexity index is 586. The van der Waals surface area contributed by atoms with E-state index in [1.54, 1.807) is 6.07 Å². The molecule has 5 nitrogen and oxygen atoms in total. The SMILES string of the molecule is CCNC(=NCC(=O)N1CCCC1)NCCc1cccc(F)c1F. The molecule has 132 valence electrons. The fraction of sp³-hybridized carbons (Fsp3) is 0.529. The summed E-state index contributed by atoms with van der Waals surface area (Å²) in [6.45, 7) is 4.66. The highest BCUT2D eigenvalue weighted by Crippen LogP contribution is 2.11. The molecule has 1 aromatic rings. The quantitative estimate of drug-likeness (QED) is 0.613. The van der Waals surface area contributed by atoms with Crippen LogP contribution in [0.2, 0.25) is 0 Å². The smallest absolute Gasteiger partial charge is 0.244 e. The fourth-order valence-electron chi connectivity index (χ4n) is 2.61. The van der Waals surface area contributed by atoms with E-state index in [-0.39, 0.29) is 12.5 Å². The van der Waals surface area contributed by atoms with Gasteiger partial charge in [-0.05, 0) is 37.8 Å². The molecule has 0 unspecified atom stereocenters. The zero-order chi connectivity index (χ0) is 17.4. The van der Waals surface area contributed by atoms with Crippen LogP contribution in [0.1, 0.15) is 25.3 Å². The molecule has 1 aromatic carbocycles. The molecule has 0 spiro atoms. The molecule has 2 N–H and O–H groups in total. The number of nitrogens with one attached hydrogen (secondary N) is 2. The maximum absolute atomic E-state index is 13.6. The highest BCUT2D eigenvalue weighted by atomic mass is 19.2. The molecular weight excluding hydrogens is 314 g/mol. The summed E-state index contributed by atoms with van der Waals surface area (Å²) < 4.78 is 26.8. The molecule has 0 aromatic heterocycles. The summed E-state index contributed by atoms with van der Waals surface area (Å²) in [5, 5.41) is 6.08. The second-order valence-corrected chi connectivity index (χ2v) is 5.67. The number of likely N-dealkylation sites (tertiary alicyclic amines) is 1. The van der Waals surface area contributed by atoms with Crippen LogP contribution in [0.15, 0.2) is 23.2 Å². The van der Waals surface area contributed by atoms with Crippen LogP contribution in [0, 0.1) is 11.6 Å². The van der Waals surface area contributed by atoms with Crippen LogP contribution in [-0.2, 0) is 11.2 Å². The predicted molar refractivity (Wildman–Crippen MR) is 89.9 cm³/mol. The summed E-state index contributed by atoms with van der Waals surface area (Å²) in [5.74, 6) is -1.14. The molecule has 1 heterocycles. The van der Waals surface area contributed by atoms with Crippen LogP contribution in [0.4, 0.5) is 8.78 Å². The summed E-state index contributed by atoms with van der Waals surface area (Å²) in [5.41, 5.74) is 0.312. The first-order chi connectivity index (χ1) is 11.6. The van der Waals surface area contributed by atoms with Crippen LogP contribution in [-0.4, -0.2) is 49.5 Å². The third kappa shape index (κ3) is 5.18. The number of benzene rings is 1. The predicted octanol–water partition coefficient (Wildman–Crippen LogP) is 1.68. The normalized spacial score (nSPS) is 14.8. The van der Waals surface area contributed by atoms with E-state index >= 15 is 0 Å². The van der Waals surface area contributed by atoms with Gasteiger partial charge in [0.1, 0.15) is 6.54 Å². The number of carbonyl (C=O) groups is 1. The van der Waals surface area contributed by atoms with Crippen LogP contribution < -0.4 is 10.6 Å². The molecule has 1 amide bonds. The van der Waals surface area contributed by atoms with Crippen LogP contribution in [0.3, 0.4) is 0 Å². The van der Waals surface area contributed by atoms with Crippen molar-refractivity contribution in [3.8, 4) is 0 Å². The Morgan fingerprint density at radius 3 is 2.71 bits per heavy atom. The summed E-state index contributed by atoms with van der Waals surface area (Å²) in [6.07, 6.45) is 2.42. The Hall–Kier alpha value is -2.18. The number of aliphatic imine (C=N–C) groups is 1. The number of halogens is 2. The maximum Gasteiger partial charge on any atom is 0.244 e. The molecule has 0 saturated carbocycles. The van der Waals surface area contributed by atoms with Gasteiger partial charge < -0.3 is 15.5 Å². The average Bonchev–Trinajstić information content (AvgIpc) is 3.11. The van der Waals surface area contributed by atoms with Crippen molar-refractivity contribution in [3.63, 3.8) is 0 Å². The Morgan fingerprint density at radius 2 is 2.00 bits per heavy atom. The van der Waals surface area contributed by atoms with Crippen molar-refractivity contribution in [2.24, 2.45) is 4.99 Å². The van der Waals surface area contributed by atoms with Gasteiger partial charge in [0.2, 0.25) is 5.91 Å². The molecule has 1 aliphatic heterocycles. The van der Waals surface area contributed by atoms with E-state index in [2.05, 4.69) is 15.6 Å².